The monoisotopic (exact) mass is 261 g/mol. The highest BCUT2D eigenvalue weighted by atomic mass is 19.4. The number of anilines is 1. The topological polar surface area (TPSA) is 49.2 Å². The van der Waals surface area contributed by atoms with E-state index in [1.807, 2.05) is 13.8 Å². The van der Waals surface area contributed by atoms with E-state index in [1.165, 1.54) is 4.90 Å². The minimum Gasteiger partial charge on any atom is -0.386 e. The molecule has 0 unspecified atom stereocenters. The quantitative estimate of drug-likeness (QED) is 0.880. The number of aliphatic hydroxyl groups is 1. The van der Waals surface area contributed by atoms with Crippen molar-refractivity contribution in [3.05, 3.63) is 18.0 Å². The summed E-state index contributed by atoms with van der Waals surface area (Å²) >= 11 is 0. The molecule has 0 radical (unpaired) electrons. The van der Waals surface area contributed by atoms with Gasteiger partial charge in [0.2, 0.25) is 5.95 Å². The molecule has 100 valence electrons. The Morgan fingerprint density at radius 2 is 2.00 bits per heavy atom. The summed E-state index contributed by atoms with van der Waals surface area (Å²) in [6.45, 7) is 4.24. The average Bonchev–Trinajstić information content (AvgIpc) is 2.23. The number of alkyl halides is 3. The number of rotatable bonds is 2. The van der Waals surface area contributed by atoms with Gasteiger partial charge in [0.05, 0.1) is 13.1 Å². The van der Waals surface area contributed by atoms with E-state index in [1.54, 1.807) is 0 Å². The second-order valence-electron chi connectivity index (χ2n) is 4.85. The van der Waals surface area contributed by atoms with E-state index in [9.17, 15) is 18.3 Å². The van der Waals surface area contributed by atoms with E-state index in [0.717, 1.165) is 12.3 Å². The van der Waals surface area contributed by atoms with Crippen LogP contribution in [0, 0.1) is 5.92 Å². The fourth-order valence-electron chi connectivity index (χ4n) is 1.78. The molecule has 0 bridgehead atoms. The van der Waals surface area contributed by atoms with E-state index in [2.05, 4.69) is 9.97 Å². The molecule has 1 fully saturated rings. The lowest BCUT2D eigenvalue weighted by molar-refractivity contribution is -0.141. The lowest BCUT2D eigenvalue weighted by Crippen LogP contribution is -2.65. The van der Waals surface area contributed by atoms with Crippen molar-refractivity contribution in [3.63, 3.8) is 0 Å². The summed E-state index contributed by atoms with van der Waals surface area (Å²) in [5, 5.41) is 10.0. The molecule has 0 atom stereocenters. The molecule has 0 saturated carbocycles. The summed E-state index contributed by atoms with van der Waals surface area (Å²) in [7, 11) is 0. The molecule has 0 aliphatic carbocycles. The highest BCUT2D eigenvalue weighted by Gasteiger charge is 2.45. The van der Waals surface area contributed by atoms with Crippen molar-refractivity contribution in [1.82, 2.24) is 9.97 Å². The Balaban J connectivity index is 2.13. The van der Waals surface area contributed by atoms with Crippen LogP contribution in [0.3, 0.4) is 0 Å². The van der Waals surface area contributed by atoms with Crippen LogP contribution in [0.15, 0.2) is 12.3 Å². The summed E-state index contributed by atoms with van der Waals surface area (Å²) in [5.74, 6) is 0.0506. The molecule has 0 aromatic carbocycles. The first kappa shape index (κ1) is 13.1. The Hall–Kier alpha value is -1.37. The summed E-state index contributed by atoms with van der Waals surface area (Å²) in [6.07, 6.45) is -3.39. The van der Waals surface area contributed by atoms with Crippen LogP contribution in [-0.4, -0.2) is 33.8 Å². The number of hydrogen-bond donors (Lipinski definition) is 1. The molecule has 2 rings (SSSR count). The minimum atomic E-state index is -4.48. The van der Waals surface area contributed by atoms with Gasteiger partial charge in [-0.15, -0.1) is 0 Å². The molecule has 7 heteroatoms. The van der Waals surface area contributed by atoms with Crippen LogP contribution in [0.1, 0.15) is 19.5 Å². The van der Waals surface area contributed by atoms with E-state index < -0.39 is 17.5 Å². The van der Waals surface area contributed by atoms with Gasteiger partial charge in [-0.2, -0.15) is 13.2 Å². The molecule has 1 aliphatic heterocycles. The summed E-state index contributed by atoms with van der Waals surface area (Å²) in [6, 6.07) is 0.831. The fourth-order valence-corrected chi connectivity index (χ4v) is 1.78. The molecule has 2 heterocycles. The third-order valence-corrected chi connectivity index (χ3v) is 3.22. The van der Waals surface area contributed by atoms with Gasteiger partial charge >= 0.3 is 6.18 Å². The molecule has 1 N–H and O–H groups in total. The first-order valence-electron chi connectivity index (χ1n) is 5.60. The zero-order chi connectivity index (χ0) is 13.6. The van der Waals surface area contributed by atoms with Crippen LogP contribution in [-0.2, 0) is 6.18 Å². The Kier molecular flexibility index (Phi) is 2.96. The van der Waals surface area contributed by atoms with Crippen LogP contribution < -0.4 is 4.90 Å². The normalized spacial score (nSPS) is 18.9. The fraction of sp³-hybridized carbons (Fsp3) is 0.636. The lowest BCUT2D eigenvalue weighted by atomic mass is 9.83. The average molecular weight is 261 g/mol. The molecule has 1 aromatic rings. The molecule has 18 heavy (non-hydrogen) atoms. The van der Waals surface area contributed by atoms with Gasteiger partial charge < -0.3 is 10.0 Å². The number of nitrogens with zero attached hydrogens (tertiary/aromatic N) is 3. The molecule has 0 spiro atoms. The van der Waals surface area contributed by atoms with Gasteiger partial charge in [0.25, 0.3) is 0 Å². The molecule has 4 nitrogen and oxygen atoms in total. The maximum absolute atomic E-state index is 12.5. The molecular formula is C11H14F3N3O. The first-order chi connectivity index (χ1) is 8.22. The lowest BCUT2D eigenvalue weighted by Gasteiger charge is -2.49. The highest BCUT2D eigenvalue weighted by Crippen LogP contribution is 2.33. The summed E-state index contributed by atoms with van der Waals surface area (Å²) < 4.78 is 37.4. The van der Waals surface area contributed by atoms with Gasteiger partial charge in [-0.25, -0.2) is 9.97 Å². The first-order valence-corrected chi connectivity index (χ1v) is 5.60. The standard InChI is InChI=1S/C11H14F3N3O/c1-7(2)10(18)5-17(6-10)9-15-4-3-8(16-9)11(12,13)14/h3-4,7,18H,5-6H2,1-2H3. The number of halogens is 3. The van der Waals surface area contributed by atoms with Gasteiger partial charge in [0, 0.05) is 6.20 Å². The molecular weight excluding hydrogens is 247 g/mol. The van der Waals surface area contributed by atoms with Crippen LogP contribution in [0.5, 0.6) is 0 Å². The minimum absolute atomic E-state index is 0.00940. The molecule has 1 aliphatic rings. The van der Waals surface area contributed by atoms with Gasteiger partial charge in [-0.3, -0.25) is 0 Å². The summed E-state index contributed by atoms with van der Waals surface area (Å²) in [5.41, 5.74) is -1.83. The Morgan fingerprint density at radius 3 is 2.50 bits per heavy atom. The van der Waals surface area contributed by atoms with Gasteiger partial charge in [0.15, 0.2) is 0 Å². The second-order valence-corrected chi connectivity index (χ2v) is 4.85. The van der Waals surface area contributed by atoms with Crippen LogP contribution in [0.4, 0.5) is 19.1 Å². The zero-order valence-corrected chi connectivity index (χ0v) is 10.1. The molecule has 1 saturated heterocycles. The number of hydrogen-bond acceptors (Lipinski definition) is 4. The van der Waals surface area contributed by atoms with Gasteiger partial charge in [-0.05, 0) is 12.0 Å². The van der Waals surface area contributed by atoms with E-state index in [4.69, 9.17) is 0 Å². The maximum atomic E-state index is 12.5. The van der Waals surface area contributed by atoms with E-state index >= 15 is 0 Å². The zero-order valence-electron chi connectivity index (χ0n) is 10.1. The number of β-amino-alcohol motifs (C(OH)–C–C–N with tert-alkyl or cyclic N) is 1. The predicted molar refractivity (Wildman–Crippen MR) is 59.0 cm³/mol. The third-order valence-electron chi connectivity index (χ3n) is 3.22. The smallest absolute Gasteiger partial charge is 0.386 e. The van der Waals surface area contributed by atoms with Crippen LogP contribution >= 0.6 is 0 Å². The van der Waals surface area contributed by atoms with Gasteiger partial charge in [0.1, 0.15) is 11.3 Å². The Morgan fingerprint density at radius 1 is 1.39 bits per heavy atom. The van der Waals surface area contributed by atoms with Crippen molar-refractivity contribution in [1.29, 1.82) is 0 Å². The SMILES string of the molecule is CC(C)C1(O)CN(c2nccc(C(F)(F)F)n2)C1. The van der Waals surface area contributed by atoms with Crippen molar-refractivity contribution in [2.24, 2.45) is 5.92 Å². The van der Waals surface area contributed by atoms with Crippen molar-refractivity contribution in [3.8, 4) is 0 Å². The second kappa shape index (κ2) is 4.08. The van der Waals surface area contributed by atoms with Crippen molar-refractivity contribution >= 4 is 5.95 Å². The Labute approximate surface area is 102 Å². The molecule has 0 amide bonds. The largest absolute Gasteiger partial charge is 0.433 e. The maximum Gasteiger partial charge on any atom is 0.433 e. The predicted octanol–water partition coefficient (Wildman–Crippen LogP) is 1.70. The number of aromatic nitrogens is 2. The van der Waals surface area contributed by atoms with E-state index in [0.29, 0.717) is 0 Å². The van der Waals surface area contributed by atoms with Crippen LogP contribution in [0.25, 0.3) is 0 Å². The van der Waals surface area contributed by atoms with E-state index in [-0.39, 0.29) is 25.0 Å². The molecule has 1 aromatic heterocycles. The third kappa shape index (κ3) is 2.27. The highest BCUT2D eigenvalue weighted by molar-refractivity contribution is 5.38. The van der Waals surface area contributed by atoms with Crippen molar-refractivity contribution in [2.75, 3.05) is 18.0 Å². The summed E-state index contributed by atoms with van der Waals surface area (Å²) in [4.78, 5) is 8.81. The van der Waals surface area contributed by atoms with Crippen molar-refractivity contribution in [2.45, 2.75) is 25.6 Å². The van der Waals surface area contributed by atoms with Crippen molar-refractivity contribution < 1.29 is 18.3 Å². The van der Waals surface area contributed by atoms with Gasteiger partial charge in [-0.1, -0.05) is 13.8 Å². The van der Waals surface area contributed by atoms with Crippen LogP contribution in [0.2, 0.25) is 0 Å². The Bertz CT molecular complexity index is 441.